The minimum absolute atomic E-state index is 0.543. The van der Waals surface area contributed by atoms with Gasteiger partial charge in [0.15, 0.2) is 0 Å². The lowest BCUT2D eigenvalue weighted by molar-refractivity contribution is 0.505. The summed E-state index contributed by atoms with van der Waals surface area (Å²) in [5, 5.41) is 3.31. The van der Waals surface area contributed by atoms with E-state index in [0.717, 1.165) is 24.6 Å². The van der Waals surface area contributed by atoms with Gasteiger partial charge in [0.2, 0.25) is 0 Å². The molecule has 1 aliphatic rings. The maximum atomic E-state index is 4.56. The van der Waals surface area contributed by atoms with Crippen LogP contribution in [0.5, 0.6) is 0 Å². The number of nitrogens with zero attached hydrogens (tertiary/aromatic N) is 4. The molecule has 1 saturated heterocycles. The lowest BCUT2D eigenvalue weighted by atomic mass is 9.99. The molecule has 1 fully saturated rings. The Bertz CT molecular complexity index is 511. The number of rotatable bonds is 2. The van der Waals surface area contributed by atoms with E-state index in [1.165, 1.54) is 17.8 Å². The maximum absolute atomic E-state index is 4.56. The normalized spacial score (nSPS) is 20.1. The van der Waals surface area contributed by atoms with Crippen molar-refractivity contribution in [3.05, 3.63) is 34.7 Å². The van der Waals surface area contributed by atoms with E-state index in [1.54, 1.807) is 17.5 Å². The Balaban J connectivity index is 1.78. The highest BCUT2D eigenvalue weighted by Gasteiger charge is 2.23. The van der Waals surface area contributed by atoms with Gasteiger partial charge in [-0.05, 0) is 19.8 Å². The molecule has 0 spiro atoms. The molecule has 1 atom stereocenters. The first-order chi connectivity index (χ1) is 8.83. The summed E-state index contributed by atoms with van der Waals surface area (Å²) in [6.07, 6.45) is 7.97. The van der Waals surface area contributed by atoms with E-state index in [4.69, 9.17) is 0 Å². The van der Waals surface area contributed by atoms with Crippen LogP contribution in [-0.2, 0) is 0 Å². The molecule has 1 unspecified atom stereocenters. The van der Waals surface area contributed by atoms with Gasteiger partial charge in [0, 0.05) is 36.8 Å². The number of aromatic nitrogens is 3. The van der Waals surface area contributed by atoms with Crippen molar-refractivity contribution < 1.29 is 0 Å². The molecule has 3 rings (SSSR count). The molecular weight excluding hydrogens is 244 g/mol. The summed E-state index contributed by atoms with van der Waals surface area (Å²) in [4.78, 5) is 15.6. The summed E-state index contributed by atoms with van der Waals surface area (Å²) in [5.41, 5.74) is 0.976. The van der Waals surface area contributed by atoms with Gasteiger partial charge >= 0.3 is 0 Å². The Kier molecular flexibility index (Phi) is 3.23. The fraction of sp³-hybridized carbons (Fsp3) is 0.462. The van der Waals surface area contributed by atoms with Crippen molar-refractivity contribution in [2.45, 2.75) is 25.7 Å². The largest absolute Gasteiger partial charge is 0.355 e. The van der Waals surface area contributed by atoms with Gasteiger partial charge in [-0.15, -0.1) is 11.3 Å². The van der Waals surface area contributed by atoms with Crippen LogP contribution in [0.3, 0.4) is 0 Å². The molecule has 5 heteroatoms. The predicted molar refractivity (Wildman–Crippen MR) is 73.1 cm³/mol. The molecule has 0 saturated carbocycles. The Morgan fingerprint density at radius 1 is 1.39 bits per heavy atom. The molecule has 4 nitrogen and oxygen atoms in total. The zero-order valence-electron chi connectivity index (χ0n) is 10.4. The molecular formula is C13H16N4S. The smallest absolute Gasteiger partial charge is 0.147 e. The van der Waals surface area contributed by atoms with E-state index in [9.17, 15) is 0 Å². The molecule has 0 radical (unpaired) electrons. The molecule has 94 valence electrons. The van der Waals surface area contributed by atoms with Crippen LogP contribution < -0.4 is 4.90 Å². The SMILES string of the molecule is Cc1cncc(N2CCCC(c3nccs3)C2)n1. The van der Waals surface area contributed by atoms with Crippen LogP contribution in [0.15, 0.2) is 24.0 Å². The van der Waals surface area contributed by atoms with E-state index in [2.05, 4.69) is 25.2 Å². The maximum Gasteiger partial charge on any atom is 0.147 e. The van der Waals surface area contributed by atoms with Gasteiger partial charge in [0.25, 0.3) is 0 Å². The molecule has 0 aromatic carbocycles. The average Bonchev–Trinajstić information content (AvgIpc) is 2.93. The topological polar surface area (TPSA) is 41.9 Å². The van der Waals surface area contributed by atoms with Crippen molar-refractivity contribution in [1.82, 2.24) is 15.0 Å². The van der Waals surface area contributed by atoms with Gasteiger partial charge in [-0.2, -0.15) is 0 Å². The van der Waals surface area contributed by atoms with Crippen LogP contribution in [0.2, 0.25) is 0 Å². The fourth-order valence-corrected chi connectivity index (χ4v) is 3.19. The third-order valence-electron chi connectivity index (χ3n) is 3.29. The summed E-state index contributed by atoms with van der Waals surface area (Å²) in [6.45, 7) is 4.06. The number of anilines is 1. The minimum Gasteiger partial charge on any atom is -0.355 e. The second-order valence-electron chi connectivity index (χ2n) is 4.67. The fourth-order valence-electron chi connectivity index (χ4n) is 2.43. The minimum atomic E-state index is 0.543. The molecule has 0 N–H and O–H groups in total. The number of aryl methyl sites for hydroxylation is 1. The number of hydrogen-bond acceptors (Lipinski definition) is 5. The average molecular weight is 260 g/mol. The highest BCUT2D eigenvalue weighted by molar-refractivity contribution is 7.09. The number of hydrogen-bond donors (Lipinski definition) is 0. The molecule has 3 heterocycles. The van der Waals surface area contributed by atoms with E-state index in [1.807, 2.05) is 19.3 Å². The summed E-state index contributed by atoms with van der Waals surface area (Å²) >= 11 is 1.76. The van der Waals surface area contributed by atoms with Crippen molar-refractivity contribution in [2.75, 3.05) is 18.0 Å². The van der Waals surface area contributed by atoms with Gasteiger partial charge < -0.3 is 4.90 Å². The Morgan fingerprint density at radius 2 is 2.33 bits per heavy atom. The van der Waals surface area contributed by atoms with Gasteiger partial charge in [-0.25, -0.2) is 9.97 Å². The van der Waals surface area contributed by atoms with Crippen LogP contribution in [-0.4, -0.2) is 28.0 Å². The van der Waals surface area contributed by atoms with Gasteiger partial charge in [-0.3, -0.25) is 4.98 Å². The third kappa shape index (κ3) is 2.36. The van der Waals surface area contributed by atoms with Crippen LogP contribution in [0.25, 0.3) is 0 Å². The van der Waals surface area contributed by atoms with E-state index in [-0.39, 0.29) is 0 Å². The molecule has 0 aliphatic carbocycles. The second kappa shape index (κ2) is 5.02. The zero-order valence-corrected chi connectivity index (χ0v) is 11.2. The van der Waals surface area contributed by atoms with Gasteiger partial charge in [0.05, 0.1) is 16.9 Å². The molecule has 0 amide bonds. The molecule has 18 heavy (non-hydrogen) atoms. The molecule has 1 aliphatic heterocycles. The van der Waals surface area contributed by atoms with Crippen LogP contribution in [0.1, 0.15) is 29.5 Å². The highest BCUT2D eigenvalue weighted by atomic mass is 32.1. The van der Waals surface area contributed by atoms with Crippen LogP contribution in [0, 0.1) is 6.92 Å². The Labute approximate surface area is 111 Å². The first kappa shape index (κ1) is 11.6. The summed E-state index contributed by atoms with van der Waals surface area (Å²) < 4.78 is 0. The van der Waals surface area contributed by atoms with Crippen LogP contribution in [0.4, 0.5) is 5.82 Å². The Hall–Kier alpha value is -1.49. The lowest BCUT2D eigenvalue weighted by Crippen LogP contribution is -2.35. The van der Waals surface area contributed by atoms with Crippen molar-refractivity contribution in [3.8, 4) is 0 Å². The zero-order chi connectivity index (χ0) is 12.4. The van der Waals surface area contributed by atoms with Crippen molar-refractivity contribution >= 4 is 17.2 Å². The number of thiazole rings is 1. The van der Waals surface area contributed by atoms with Crippen molar-refractivity contribution in [1.29, 1.82) is 0 Å². The summed E-state index contributed by atoms with van der Waals surface area (Å²) in [6, 6.07) is 0. The summed E-state index contributed by atoms with van der Waals surface area (Å²) in [5.74, 6) is 1.54. The van der Waals surface area contributed by atoms with Crippen molar-refractivity contribution in [2.24, 2.45) is 0 Å². The van der Waals surface area contributed by atoms with Crippen LogP contribution >= 0.6 is 11.3 Å². The first-order valence-corrected chi connectivity index (χ1v) is 7.14. The lowest BCUT2D eigenvalue weighted by Gasteiger charge is -2.32. The summed E-state index contributed by atoms with van der Waals surface area (Å²) in [7, 11) is 0. The van der Waals surface area contributed by atoms with E-state index >= 15 is 0 Å². The van der Waals surface area contributed by atoms with Gasteiger partial charge in [0.1, 0.15) is 5.82 Å². The molecule has 2 aromatic rings. The first-order valence-electron chi connectivity index (χ1n) is 6.26. The standard InChI is InChI=1S/C13H16N4S/c1-10-7-14-8-12(16-10)17-5-2-3-11(9-17)13-15-4-6-18-13/h4,6-8,11H,2-3,5,9H2,1H3. The third-order valence-corrected chi connectivity index (χ3v) is 4.23. The van der Waals surface area contributed by atoms with E-state index in [0.29, 0.717) is 5.92 Å². The Morgan fingerprint density at radius 3 is 3.11 bits per heavy atom. The highest BCUT2D eigenvalue weighted by Crippen LogP contribution is 2.29. The number of piperidine rings is 1. The van der Waals surface area contributed by atoms with Crippen molar-refractivity contribution in [3.63, 3.8) is 0 Å². The quantitative estimate of drug-likeness (QED) is 0.832. The van der Waals surface area contributed by atoms with E-state index < -0.39 is 0 Å². The second-order valence-corrected chi connectivity index (χ2v) is 5.60. The predicted octanol–water partition coefficient (Wildman–Crippen LogP) is 2.63. The van der Waals surface area contributed by atoms with Gasteiger partial charge in [-0.1, -0.05) is 0 Å². The molecule has 2 aromatic heterocycles. The monoisotopic (exact) mass is 260 g/mol. The molecule has 0 bridgehead atoms.